The van der Waals surface area contributed by atoms with Crippen LogP contribution in [0.5, 0.6) is 5.75 Å². The predicted octanol–water partition coefficient (Wildman–Crippen LogP) is 3.29. The summed E-state index contributed by atoms with van der Waals surface area (Å²) in [4.78, 5) is 35.7. The Balaban J connectivity index is 2.02. The number of aliphatic carboxylic acids is 1. The number of amides is 1. The fourth-order valence-corrected chi connectivity index (χ4v) is 3.29. The van der Waals surface area contributed by atoms with Crippen LogP contribution >= 0.6 is 11.8 Å². The Bertz CT molecular complexity index is 782. The van der Waals surface area contributed by atoms with Gasteiger partial charge in [-0.15, -0.1) is 0 Å². The first-order valence-corrected chi connectivity index (χ1v) is 9.85. The average Bonchev–Trinajstić information content (AvgIpc) is 2.69. The van der Waals surface area contributed by atoms with Gasteiger partial charge in [0.15, 0.2) is 11.2 Å². The van der Waals surface area contributed by atoms with Gasteiger partial charge in [0.2, 0.25) is 5.91 Å². The normalized spacial score (nSPS) is 12.6. The molecule has 2 aromatic carbocycles. The molecular formula is C21H23NO5S. The molecule has 0 aliphatic rings. The Labute approximate surface area is 168 Å². The lowest BCUT2D eigenvalue weighted by molar-refractivity contribution is -0.142. The molecule has 0 aliphatic heterocycles. The molecule has 2 atom stereocenters. The Hall–Kier alpha value is -2.80. The van der Waals surface area contributed by atoms with E-state index in [0.717, 1.165) is 11.8 Å². The highest BCUT2D eigenvalue weighted by molar-refractivity contribution is 8.13. The van der Waals surface area contributed by atoms with E-state index in [1.807, 2.05) is 30.3 Å². The zero-order chi connectivity index (χ0) is 20.4. The van der Waals surface area contributed by atoms with E-state index in [9.17, 15) is 19.5 Å². The maximum absolute atomic E-state index is 12.7. The summed E-state index contributed by atoms with van der Waals surface area (Å²) in [5.74, 6) is -1.16. The number of para-hydroxylation sites is 1. The number of carbonyl (C=O) groups is 3. The van der Waals surface area contributed by atoms with Gasteiger partial charge < -0.3 is 15.2 Å². The molecule has 0 aromatic heterocycles. The molecule has 0 aliphatic carbocycles. The molecular weight excluding hydrogens is 378 g/mol. The van der Waals surface area contributed by atoms with Crippen molar-refractivity contribution in [3.63, 3.8) is 0 Å². The van der Waals surface area contributed by atoms with Gasteiger partial charge in [0.25, 0.3) is 0 Å². The Morgan fingerprint density at radius 2 is 1.64 bits per heavy atom. The number of carboxylic acids is 1. The van der Waals surface area contributed by atoms with Crippen LogP contribution in [0, 0.1) is 5.92 Å². The Morgan fingerprint density at radius 3 is 2.21 bits per heavy atom. The van der Waals surface area contributed by atoms with Gasteiger partial charge in [-0.05, 0) is 24.1 Å². The summed E-state index contributed by atoms with van der Waals surface area (Å²) < 4.78 is 5.64. The summed E-state index contributed by atoms with van der Waals surface area (Å²) in [6, 6.07) is 16.6. The number of benzene rings is 2. The highest BCUT2D eigenvalue weighted by Gasteiger charge is 2.27. The number of rotatable bonds is 10. The number of hydrogen-bond donors (Lipinski definition) is 2. The standard InChI is InChI=1S/C21H23NO5S/c1-15(23)28-14-17(12-13-27-18-10-6-3-7-11-18)20(24)22-19(21(25)26)16-8-4-2-5-9-16/h2-11,17,19H,12-14H2,1H3,(H,22,24)(H,25,26)/t17?,19-/m1/s1. The lowest BCUT2D eigenvalue weighted by Crippen LogP contribution is -2.39. The first kappa shape index (κ1) is 21.5. The third-order valence-electron chi connectivity index (χ3n) is 4.00. The molecule has 1 unspecified atom stereocenters. The van der Waals surface area contributed by atoms with Crippen LogP contribution < -0.4 is 10.1 Å². The van der Waals surface area contributed by atoms with Crippen molar-refractivity contribution >= 4 is 28.8 Å². The van der Waals surface area contributed by atoms with E-state index in [-0.39, 0.29) is 17.5 Å². The molecule has 0 bridgehead atoms. The van der Waals surface area contributed by atoms with Gasteiger partial charge >= 0.3 is 5.97 Å². The van der Waals surface area contributed by atoms with Crippen LogP contribution in [0.4, 0.5) is 0 Å². The summed E-state index contributed by atoms with van der Waals surface area (Å²) in [5.41, 5.74) is 0.488. The molecule has 0 spiro atoms. The lowest BCUT2D eigenvalue weighted by atomic mass is 10.0. The third-order valence-corrected chi connectivity index (χ3v) is 4.98. The molecule has 0 saturated heterocycles. The van der Waals surface area contributed by atoms with Crippen LogP contribution in [0.15, 0.2) is 60.7 Å². The molecule has 7 heteroatoms. The van der Waals surface area contributed by atoms with Gasteiger partial charge in [-0.3, -0.25) is 9.59 Å². The number of carbonyl (C=O) groups excluding carboxylic acids is 2. The fraction of sp³-hybridized carbons (Fsp3) is 0.286. The molecule has 0 saturated carbocycles. The number of nitrogens with one attached hydrogen (secondary N) is 1. The minimum Gasteiger partial charge on any atom is -0.494 e. The number of thioether (sulfide) groups is 1. The number of carboxylic acid groups (broad SMARTS) is 1. The van der Waals surface area contributed by atoms with Crippen molar-refractivity contribution in [1.29, 1.82) is 0 Å². The number of hydrogen-bond acceptors (Lipinski definition) is 5. The second-order valence-corrected chi connectivity index (χ2v) is 7.34. The first-order chi connectivity index (χ1) is 13.5. The fourth-order valence-electron chi connectivity index (χ4n) is 2.54. The highest BCUT2D eigenvalue weighted by Crippen LogP contribution is 2.19. The molecule has 2 aromatic rings. The second kappa shape index (κ2) is 11.1. The van der Waals surface area contributed by atoms with Crippen LogP contribution in [0.3, 0.4) is 0 Å². The molecule has 28 heavy (non-hydrogen) atoms. The minimum atomic E-state index is -1.14. The van der Waals surface area contributed by atoms with E-state index in [1.165, 1.54) is 6.92 Å². The van der Waals surface area contributed by atoms with Crippen molar-refractivity contribution in [2.24, 2.45) is 5.92 Å². The van der Waals surface area contributed by atoms with Crippen molar-refractivity contribution in [2.75, 3.05) is 12.4 Å². The smallest absolute Gasteiger partial charge is 0.330 e. The molecule has 2 N–H and O–H groups in total. The van der Waals surface area contributed by atoms with E-state index in [2.05, 4.69) is 5.32 Å². The van der Waals surface area contributed by atoms with Crippen molar-refractivity contribution in [3.8, 4) is 5.75 Å². The minimum absolute atomic E-state index is 0.0976. The monoisotopic (exact) mass is 401 g/mol. The van der Waals surface area contributed by atoms with Crippen molar-refractivity contribution in [1.82, 2.24) is 5.32 Å². The Morgan fingerprint density at radius 1 is 1.04 bits per heavy atom. The van der Waals surface area contributed by atoms with Crippen LogP contribution in [-0.2, 0) is 14.4 Å². The maximum atomic E-state index is 12.7. The Kier molecular flexibility index (Phi) is 8.55. The summed E-state index contributed by atoms with van der Waals surface area (Å²) >= 11 is 1.04. The molecule has 6 nitrogen and oxygen atoms in total. The molecule has 0 radical (unpaired) electrons. The lowest BCUT2D eigenvalue weighted by Gasteiger charge is -2.20. The topological polar surface area (TPSA) is 92.7 Å². The van der Waals surface area contributed by atoms with Gasteiger partial charge in [0.05, 0.1) is 12.5 Å². The molecule has 0 heterocycles. The van der Waals surface area contributed by atoms with Crippen molar-refractivity contribution in [3.05, 3.63) is 66.2 Å². The largest absolute Gasteiger partial charge is 0.494 e. The SMILES string of the molecule is CC(=O)SCC(CCOc1ccccc1)C(=O)N[C@@H](C(=O)O)c1ccccc1. The van der Waals surface area contributed by atoms with Crippen LogP contribution in [-0.4, -0.2) is 34.5 Å². The molecule has 0 fully saturated rings. The van der Waals surface area contributed by atoms with Gasteiger partial charge in [-0.2, -0.15) is 0 Å². The average molecular weight is 401 g/mol. The first-order valence-electron chi connectivity index (χ1n) is 8.86. The van der Waals surface area contributed by atoms with Gasteiger partial charge in [0.1, 0.15) is 5.75 Å². The molecule has 148 valence electrons. The van der Waals surface area contributed by atoms with Crippen LogP contribution in [0.1, 0.15) is 24.9 Å². The second-order valence-electron chi connectivity index (χ2n) is 6.14. The third kappa shape index (κ3) is 7.08. The highest BCUT2D eigenvalue weighted by atomic mass is 32.2. The molecule has 2 rings (SSSR count). The predicted molar refractivity (Wildman–Crippen MR) is 108 cm³/mol. The summed E-state index contributed by atoms with van der Waals surface area (Å²) in [6.45, 7) is 1.72. The van der Waals surface area contributed by atoms with Crippen LogP contribution in [0.25, 0.3) is 0 Å². The van der Waals surface area contributed by atoms with Gasteiger partial charge in [-0.25, -0.2) is 4.79 Å². The van der Waals surface area contributed by atoms with E-state index in [4.69, 9.17) is 4.74 Å². The van der Waals surface area contributed by atoms with Crippen molar-refractivity contribution < 1.29 is 24.2 Å². The summed E-state index contributed by atoms with van der Waals surface area (Å²) in [7, 11) is 0. The van der Waals surface area contributed by atoms with Crippen molar-refractivity contribution in [2.45, 2.75) is 19.4 Å². The van der Waals surface area contributed by atoms with E-state index < -0.39 is 23.8 Å². The van der Waals surface area contributed by atoms with E-state index in [0.29, 0.717) is 17.7 Å². The van der Waals surface area contributed by atoms with Crippen LogP contribution in [0.2, 0.25) is 0 Å². The quantitative estimate of drug-likeness (QED) is 0.635. The summed E-state index contributed by atoms with van der Waals surface area (Å²) in [5, 5.41) is 12.0. The number of ether oxygens (including phenoxy) is 1. The zero-order valence-electron chi connectivity index (χ0n) is 15.5. The van der Waals surface area contributed by atoms with E-state index >= 15 is 0 Å². The van der Waals surface area contributed by atoms with Gasteiger partial charge in [0, 0.05) is 12.7 Å². The molecule has 1 amide bonds. The summed E-state index contributed by atoms with van der Waals surface area (Å²) in [6.07, 6.45) is 0.363. The maximum Gasteiger partial charge on any atom is 0.330 e. The zero-order valence-corrected chi connectivity index (χ0v) is 16.4. The van der Waals surface area contributed by atoms with Gasteiger partial charge in [-0.1, -0.05) is 60.3 Å². The van der Waals surface area contributed by atoms with E-state index in [1.54, 1.807) is 30.3 Å².